The molecule has 14 heavy (non-hydrogen) atoms. The number of hydrogen-bond donors (Lipinski definition) is 2. The van der Waals surface area contributed by atoms with Crippen LogP contribution in [0.5, 0.6) is 0 Å². The highest BCUT2D eigenvalue weighted by atomic mass is 15.2. The summed E-state index contributed by atoms with van der Waals surface area (Å²) in [6, 6.07) is 11.8. The lowest BCUT2D eigenvalue weighted by Crippen LogP contribution is -2.09. The molecule has 0 saturated carbocycles. The van der Waals surface area contributed by atoms with E-state index in [9.17, 15) is 0 Å². The number of rotatable bonds is 2. The maximum absolute atomic E-state index is 5.62. The zero-order valence-corrected chi connectivity index (χ0v) is 8.07. The van der Waals surface area contributed by atoms with Crippen molar-refractivity contribution in [2.24, 2.45) is 0 Å². The predicted octanol–water partition coefficient (Wildman–Crippen LogP) is 2.36. The molecule has 0 fully saturated rings. The number of nitrogens with one attached hydrogen (secondary N) is 1. The Morgan fingerprint density at radius 3 is 2.43 bits per heavy atom. The molecule has 2 aromatic rings. The molecule has 0 saturated heterocycles. The molecule has 0 atom stereocenters. The molecule has 3 heteroatoms. The Morgan fingerprint density at radius 2 is 1.86 bits per heavy atom. The highest BCUT2D eigenvalue weighted by Crippen LogP contribution is 2.22. The van der Waals surface area contributed by atoms with Crippen molar-refractivity contribution in [3.8, 4) is 0 Å². The van der Waals surface area contributed by atoms with Gasteiger partial charge in [-0.25, -0.2) is 0 Å². The van der Waals surface area contributed by atoms with Crippen LogP contribution in [0.15, 0.2) is 42.6 Å². The maximum atomic E-state index is 5.62. The summed E-state index contributed by atoms with van der Waals surface area (Å²) in [5.74, 6) is 1.06. The van der Waals surface area contributed by atoms with Crippen molar-refractivity contribution in [3.63, 3.8) is 0 Å². The minimum absolute atomic E-state index is 0.786. The lowest BCUT2D eigenvalue weighted by atomic mass is 10.2. The molecule has 2 rings (SSSR count). The van der Waals surface area contributed by atoms with Gasteiger partial charge in [0.05, 0.1) is 0 Å². The average molecular weight is 187 g/mol. The van der Waals surface area contributed by atoms with E-state index in [4.69, 9.17) is 5.73 Å². The van der Waals surface area contributed by atoms with E-state index in [-0.39, 0.29) is 0 Å². The van der Waals surface area contributed by atoms with E-state index >= 15 is 0 Å². The minimum atomic E-state index is 0.786. The second-order valence-corrected chi connectivity index (χ2v) is 3.21. The summed E-state index contributed by atoms with van der Waals surface area (Å²) in [6.07, 6.45) is 1.91. The molecule has 0 aliphatic rings. The number of nitrogens with zero attached hydrogens (tertiary/aromatic N) is 1. The van der Waals surface area contributed by atoms with Crippen LogP contribution in [0.3, 0.4) is 0 Å². The highest BCUT2D eigenvalue weighted by molar-refractivity contribution is 5.61. The Balaban J connectivity index is 2.28. The van der Waals surface area contributed by atoms with Crippen LogP contribution in [-0.2, 0) is 0 Å². The molecule has 0 amide bonds. The summed E-state index contributed by atoms with van der Waals surface area (Å²) < 4.78 is 0. The normalized spacial score (nSPS) is 10.1. The van der Waals surface area contributed by atoms with Crippen LogP contribution < -0.4 is 10.6 Å². The Kier molecular flexibility index (Phi) is 2.14. The van der Waals surface area contributed by atoms with Crippen LogP contribution in [0.2, 0.25) is 0 Å². The van der Waals surface area contributed by atoms with Gasteiger partial charge in [0, 0.05) is 24.6 Å². The predicted molar refractivity (Wildman–Crippen MR) is 59.7 cm³/mol. The molecule has 0 aliphatic carbocycles. The summed E-state index contributed by atoms with van der Waals surface area (Å²) in [5, 5.41) is 0. The van der Waals surface area contributed by atoms with E-state index in [1.165, 1.54) is 0 Å². The third kappa shape index (κ3) is 1.57. The van der Waals surface area contributed by atoms with E-state index in [2.05, 4.69) is 9.88 Å². The molecule has 1 heterocycles. The fourth-order valence-corrected chi connectivity index (χ4v) is 1.37. The third-order valence-corrected chi connectivity index (χ3v) is 2.22. The fourth-order valence-electron chi connectivity index (χ4n) is 1.37. The van der Waals surface area contributed by atoms with Gasteiger partial charge in [0.15, 0.2) is 0 Å². The molecule has 3 N–H and O–H groups in total. The number of hydrogen-bond acceptors (Lipinski definition) is 2. The third-order valence-electron chi connectivity index (χ3n) is 2.22. The molecular weight excluding hydrogens is 174 g/mol. The summed E-state index contributed by atoms with van der Waals surface area (Å²) in [4.78, 5) is 5.21. The van der Waals surface area contributed by atoms with Crippen molar-refractivity contribution in [1.29, 1.82) is 0 Å². The van der Waals surface area contributed by atoms with Crippen LogP contribution in [0, 0.1) is 0 Å². The highest BCUT2D eigenvalue weighted by Gasteiger charge is 2.02. The first-order valence-corrected chi connectivity index (χ1v) is 4.50. The van der Waals surface area contributed by atoms with E-state index in [1.807, 2.05) is 49.6 Å². The number of H-pyrrole nitrogens is 1. The zero-order valence-electron chi connectivity index (χ0n) is 8.07. The van der Waals surface area contributed by atoms with Crippen LogP contribution >= 0.6 is 0 Å². The molecule has 3 nitrogen and oxygen atoms in total. The second-order valence-electron chi connectivity index (χ2n) is 3.21. The number of anilines is 3. The van der Waals surface area contributed by atoms with E-state index in [0.717, 1.165) is 17.2 Å². The first-order valence-electron chi connectivity index (χ1n) is 4.50. The van der Waals surface area contributed by atoms with Gasteiger partial charge in [0.25, 0.3) is 0 Å². The van der Waals surface area contributed by atoms with Gasteiger partial charge in [0.1, 0.15) is 5.82 Å². The maximum Gasteiger partial charge on any atom is 0.110 e. The smallest absolute Gasteiger partial charge is 0.110 e. The van der Waals surface area contributed by atoms with Gasteiger partial charge >= 0.3 is 0 Å². The molecule has 1 aromatic heterocycles. The quantitative estimate of drug-likeness (QED) is 0.709. The molecule has 0 bridgehead atoms. The Labute approximate surface area is 83.2 Å². The number of aromatic amines is 1. The molecule has 0 radical (unpaired) electrons. The summed E-state index contributed by atoms with van der Waals surface area (Å²) in [6.45, 7) is 0. The van der Waals surface area contributed by atoms with Crippen LogP contribution in [0.1, 0.15) is 0 Å². The summed E-state index contributed by atoms with van der Waals surface area (Å²) in [7, 11) is 2.01. The molecule has 0 spiro atoms. The van der Waals surface area contributed by atoms with Crippen molar-refractivity contribution in [2.75, 3.05) is 17.7 Å². The van der Waals surface area contributed by atoms with Crippen LogP contribution in [0.25, 0.3) is 0 Å². The molecular formula is C11H13N3. The van der Waals surface area contributed by atoms with Crippen molar-refractivity contribution in [1.82, 2.24) is 4.98 Å². The Morgan fingerprint density at radius 1 is 1.14 bits per heavy atom. The lowest BCUT2D eigenvalue weighted by molar-refractivity contribution is 1.15. The summed E-state index contributed by atoms with van der Waals surface area (Å²) >= 11 is 0. The number of nitrogens with two attached hydrogens (primary N) is 1. The van der Waals surface area contributed by atoms with Crippen molar-refractivity contribution in [3.05, 3.63) is 42.6 Å². The number of aromatic nitrogens is 1. The van der Waals surface area contributed by atoms with Gasteiger partial charge in [-0.3, -0.25) is 0 Å². The molecule has 1 aromatic carbocycles. The van der Waals surface area contributed by atoms with Gasteiger partial charge in [-0.1, -0.05) is 0 Å². The standard InChI is InChI=1S/C11H13N3/c1-14(11-3-2-8-13-11)10-6-4-9(12)5-7-10/h2-8,13H,12H2,1H3. The first-order chi connectivity index (χ1) is 6.77. The van der Waals surface area contributed by atoms with E-state index < -0.39 is 0 Å². The number of nitrogen functional groups attached to an aromatic ring is 1. The second kappa shape index (κ2) is 3.46. The number of benzene rings is 1. The molecule has 0 aliphatic heterocycles. The van der Waals surface area contributed by atoms with Crippen molar-refractivity contribution < 1.29 is 0 Å². The molecule has 72 valence electrons. The van der Waals surface area contributed by atoms with Crippen LogP contribution in [-0.4, -0.2) is 12.0 Å². The fraction of sp³-hybridized carbons (Fsp3) is 0.0909. The topological polar surface area (TPSA) is 45.0 Å². The lowest BCUT2D eigenvalue weighted by Gasteiger charge is -2.17. The van der Waals surface area contributed by atoms with Crippen LogP contribution in [0.4, 0.5) is 17.2 Å². The van der Waals surface area contributed by atoms with Gasteiger partial charge in [-0.2, -0.15) is 0 Å². The average Bonchev–Trinajstić information content (AvgIpc) is 2.71. The van der Waals surface area contributed by atoms with Gasteiger partial charge < -0.3 is 15.6 Å². The van der Waals surface area contributed by atoms with Gasteiger partial charge in [-0.05, 0) is 36.4 Å². The zero-order chi connectivity index (χ0) is 9.97. The Hall–Kier alpha value is -1.90. The van der Waals surface area contributed by atoms with E-state index in [1.54, 1.807) is 0 Å². The van der Waals surface area contributed by atoms with Crippen molar-refractivity contribution >= 4 is 17.2 Å². The molecule has 0 unspecified atom stereocenters. The summed E-state index contributed by atoms with van der Waals surface area (Å²) in [5.41, 5.74) is 7.52. The van der Waals surface area contributed by atoms with E-state index in [0.29, 0.717) is 0 Å². The van der Waals surface area contributed by atoms with Gasteiger partial charge in [-0.15, -0.1) is 0 Å². The minimum Gasteiger partial charge on any atom is -0.399 e. The largest absolute Gasteiger partial charge is 0.399 e. The monoisotopic (exact) mass is 187 g/mol. The Bertz CT molecular complexity index is 389. The van der Waals surface area contributed by atoms with Crippen molar-refractivity contribution in [2.45, 2.75) is 0 Å². The SMILES string of the molecule is CN(c1ccc(N)cc1)c1ccc[nH]1. The van der Waals surface area contributed by atoms with Gasteiger partial charge in [0.2, 0.25) is 0 Å². The first kappa shape index (κ1) is 8.69.